The largest absolute Gasteiger partial charge is 0.489 e. The molecule has 0 bridgehead atoms. The smallest absolute Gasteiger partial charge is 0.256 e. The predicted octanol–water partition coefficient (Wildman–Crippen LogP) is 4.90. The van der Waals surface area contributed by atoms with Crippen LogP contribution in [0, 0.1) is 5.82 Å². The number of hydrogen-bond donors (Lipinski definition) is 1. The molecule has 0 atom stereocenters. The summed E-state index contributed by atoms with van der Waals surface area (Å²) in [7, 11) is 0. The van der Waals surface area contributed by atoms with Crippen molar-refractivity contribution in [1.82, 2.24) is 9.78 Å². The molecule has 5 nitrogen and oxygen atoms in total. The molecule has 0 fully saturated rings. The number of carbonyl (C=O) groups is 1. The summed E-state index contributed by atoms with van der Waals surface area (Å²) in [6.45, 7) is 0.847. The molecule has 0 radical (unpaired) electrons. The Hall–Kier alpha value is -3.93. The molecule has 1 N–H and O–H groups in total. The number of halogens is 1. The van der Waals surface area contributed by atoms with E-state index in [2.05, 4.69) is 10.4 Å². The number of nitrogens with one attached hydrogen (secondary N) is 1. The Morgan fingerprint density at radius 3 is 2.53 bits per heavy atom. The van der Waals surface area contributed by atoms with Crippen LogP contribution in [0.15, 0.2) is 91.1 Å². The van der Waals surface area contributed by atoms with Crippen LogP contribution in [0.1, 0.15) is 21.5 Å². The SMILES string of the molecule is O=C(Nc1ccnn1Cc1ccccc1)c1cccc(OCc2ccc(F)cc2)c1. The number of ether oxygens (including phenoxy) is 1. The molecular formula is C24H20FN3O2. The van der Waals surface area contributed by atoms with Gasteiger partial charge in [-0.15, -0.1) is 0 Å². The van der Waals surface area contributed by atoms with Crippen LogP contribution in [-0.2, 0) is 13.2 Å². The van der Waals surface area contributed by atoms with Crippen molar-refractivity contribution in [3.05, 3.63) is 114 Å². The number of amides is 1. The molecule has 0 saturated carbocycles. The van der Waals surface area contributed by atoms with Gasteiger partial charge in [-0.25, -0.2) is 9.07 Å². The summed E-state index contributed by atoms with van der Waals surface area (Å²) in [4.78, 5) is 12.7. The number of benzene rings is 3. The van der Waals surface area contributed by atoms with E-state index in [1.54, 1.807) is 53.3 Å². The number of anilines is 1. The monoisotopic (exact) mass is 401 g/mol. The lowest BCUT2D eigenvalue weighted by molar-refractivity contribution is 0.102. The topological polar surface area (TPSA) is 56.2 Å². The predicted molar refractivity (Wildman–Crippen MR) is 113 cm³/mol. The first-order valence-corrected chi connectivity index (χ1v) is 9.52. The van der Waals surface area contributed by atoms with Gasteiger partial charge in [0.15, 0.2) is 0 Å². The molecule has 150 valence electrons. The van der Waals surface area contributed by atoms with Crippen LogP contribution >= 0.6 is 0 Å². The lowest BCUT2D eigenvalue weighted by atomic mass is 10.2. The molecule has 0 saturated heterocycles. The minimum Gasteiger partial charge on any atom is -0.489 e. The van der Waals surface area contributed by atoms with Crippen LogP contribution in [-0.4, -0.2) is 15.7 Å². The maximum atomic E-state index is 13.0. The molecule has 0 spiro atoms. The standard InChI is InChI=1S/C24H20FN3O2/c25-21-11-9-19(10-12-21)17-30-22-8-4-7-20(15-22)24(29)27-23-13-14-26-28(23)16-18-5-2-1-3-6-18/h1-15H,16-17H2,(H,27,29). The van der Waals surface area contributed by atoms with Crippen LogP contribution < -0.4 is 10.1 Å². The summed E-state index contributed by atoms with van der Waals surface area (Å²) < 4.78 is 20.5. The highest BCUT2D eigenvalue weighted by Crippen LogP contribution is 2.17. The summed E-state index contributed by atoms with van der Waals surface area (Å²) in [6, 6.07) is 24.7. The Bertz CT molecular complexity index is 1120. The van der Waals surface area contributed by atoms with Gasteiger partial charge in [0.05, 0.1) is 12.7 Å². The molecule has 0 aliphatic heterocycles. The highest BCUT2D eigenvalue weighted by molar-refractivity contribution is 6.04. The van der Waals surface area contributed by atoms with Crippen LogP contribution in [0.4, 0.5) is 10.2 Å². The van der Waals surface area contributed by atoms with E-state index < -0.39 is 0 Å². The fourth-order valence-corrected chi connectivity index (χ4v) is 2.98. The summed E-state index contributed by atoms with van der Waals surface area (Å²) in [5.74, 6) is 0.632. The van der Waals surface area contributed by atoms with Crippen molar-refractivity contribution in [3.8, 4) is 5.75 Å². The molecule has 30 heavy (non-hydrogen) atoms. The minimum absolute atomic E-state index is 0.253. The summed E-state index contributed by atoms with van der Waals surface area (Å²) in [6.07, 6.45) is 1.65. The minimum atomic E-state index is -0.288. The van der Waals surface area contributed by atoms with Crippen molar-refractivity contribution in [2.45, 2.75) is 13.2 Å². The normalized spacial score (nSPS) is 10.6. The van der Waals surface area contributed by atoms with Gasteiger partial charge >= 0.3 is 0 Å². The van der Waals surface area contributed by atoms with Gasteiger partial charge in [-0.05, 0) is 41.5 Å². The third kappa shape index (κ3) is 4.91. The van der Waals surface area contributed by atoms with Crippen LogP contribution in [0.25, 0.3) is 0 Å². The van der Waals surface area contributed by atoms with Crippen LogP contribution in [0.5, 0.6) is 5.75 Å². The zero-order chi connectivity index (χ0) is 20.8. The van der Waals surface area contributed by atoms with Crippen molar-refractivity contribution in [1.29, 1.82) is 0 Å². The van der Waals surface area contributed by atoms with Gasteiger partial charge in [-0.2, -0.15) is 5.10 Å². The molecule has 0 aliphatic carbocycles. The number of aromatic nitrogens is 2. The lowest BCUT2D eigenvalue weighted by Crippen LogP contribution is -2.16. The first-order valence-electron chi connectivity index (χ1n) is 9.52. The number of nitrogens with zero attached hydrogens (tertiary/aromatic N) is 2. The molecule has 6 heteroatoms. The second-order valence-corrected chi connectivity index (χ2v) is 6.76. The van der Waals surface area contributed by atoms with Crippen molar-refractivity contribution in [3.63, 3.8) is 0 Å². The maximum Gasteiger partial charge on any atom is 0.256 e. The number of carbonyl (C=O) groups excluding carboxylic acids is 1. The highest BCUT2D eigenvalue weighted by atomic mass is 19.1. The average molecular weight is 401 g/mol. The molecule has 1 heterocycles. The Morgan fingerprint density at radius 2 is 1.73 bits per heavy atom. The summed E-state index contributed by atoms with van der Waals surface area (Å²) >= 11 is 0. The quantitative estimate of drug-likeness (QED) is 0.479. The molecule has 1 aromatic heterocycles. The Labute approximate surface area is 173 Å². The van der Waals surface area contributed by atoms with E-state index in [9.17, 15) is 9.18 Å². The van der Waals surface area contributed by atoms with E-state index in [0.717, 1.165) is 11.1 Å². The zero-order valence-electron chi connectivity index (χ0n) is 16.2. The highest BCUT2D eigenvalue weighted by Gasteiger charge is 2.11. The summed E-state index contributed by atoms with van der Waals surface area (Å²) in [5.41, 5.74) is 2.41. The molecule has 3 aromatic carbocycles. The molecule has 0 aliphatic rings. The molecule has 4 aromatic rings. The van der Waals surface area contributed by atoms with Crippen LogP contribution in [0.2, 0.25) is 0 Å². The first-order chi connectivity index (χ1) is 14.7. The van der Waals surface area contributed by atoms with E-state index >= 15 is 0 Å². The van der Waals surface area contributed by atoms with E-state index in [-0.39, 0.29) is 18.3 Å². The number of rotatable bonds is 7. The van der Waals surface area contributed by atoms with E-state index in [0.29, 0.717) is 23.7 Å². The third-order valence-corrected chi connectivity index (χ3v) is 4.55. The molecular weight excluding hydrogens is 381 g/mol. The van der Waals surface area contributed by atoms with Crippen LogP contribution in [0.3, 0.4) is 0 Å². The summed E-state index contributed by atoms with van der Waals surface area (Å²) in [5, 5.41) is 7.19. The van der Waals surface area contributed by atoms with Gasteiger partial charge in [0.1, 0.15) is 24.0 Å². The zero-order valence-corrected chi connectivity index (χ0v) is 16.2. The Balaban J connectivity index is 1.41. The van der Waals surface area contributed by atoms with Gasteiger partial charge < -0.3 is 10.1 Å². The van der Waals surface area contributed by atoms with Crippen molar-refractivity contribution < 1.29 is 13.9 Å². The van der Waals surface area contributed by atoms with E-state index in [1.807, 2.05) is 30.3 Å². The second-order valence-electron chi connectivity index (χ2n) is 6.76. The van der Waals surface area contributed by atoms with Gasteiger partial charge in [0.2, 0.25) is 0 Å². The fraction of sp³-hybridized carbons (Fsp3) is 0.0833. The van der Waals surface area contributed by atoms with Gasteiger partial charge in [-0.1, -0.05) is 48.5 Å². The fourth-order valence-electron chi connectivity index (χ4n) is 2.98. The molecule has 4 rings (SSSR count). The van der Waals surface area contributed by atoms with E-state index in [4.69, 9.17) is 4.74 Å². The Kier molecular flexibility index (Phi) is 5.85. The second kappa shape index (κ2) is 9.05. The molecule has 0 unspecified atom stereocenters. The maximum absolute atomic E-state index is 13.0. The molecule has 1 amide bonds. The Morgan fingerprint density at radius 1 is 0.933 bits per heavy atom. The van der Waals surface area contributed by atoms with Crippen molar-refractivity contribution >= 4 is 11.7 Å². The van der Waals surface area contributed by atoms with Gasteiger partial charge in [0, 0.05) is 11.6 Å². The first kappa shape index (κ1) is 19.4. The average Bonchev–Trinajstić information content (AvgIpc) is 3.20. The van der Waals surface area contributed by atoms with Crippen molar-refractivity contribution in [2.24, 2.45) is 0 Å². The van der Waals surface area contributed by atoms with Gasteiger partial charge in [0.25, 0.3) is 5.91 Å². The van der Waals surface area contributed by atoms with Gasteiger partial charge in [-0.3, -0.25) is 4.79 Å². The van der Waals surface area contributed by atoms with Crippen molar-refractivity contribution in [2.75, 3.05) is 5.32 Å². The lowest BCUT2D eigenvalue weighted by Gasteiger charge is -2.11. The third-order valence-electron chi connectivity index (χ3n) is 4.55. The van der Waals surface area contributed by atoms with E-state index in [1.165, 1.54) is 12.1 Å². The number of hydrogen-bond acceptors (Lipinski definition) is 3.